The Labute approximate surface area is 120 Å². The average Bonchev–Trinajstić information content (AvgIpc) is 2.42. The van der Waals surface area contributed by atoms with Crippen LogP contribution in [0.5, 0.6) is 17.2 Å². The van der Waals surface area contributed by atoms with Gasteiger partial charge in [0.1, 0.15) is 17.2 Å². The number of hydrogen-bond donors (Lipinski definition) is 1. The second-order valence-corrected chi connectivity index (χ2v) is 5.11. The summed E-state index contributed by atoms with van der Waals surface area (Å²) in [5, 5.41) is 9.65. The third kappa shape index (κ3) is 4.28. The van der Waals surface area contributed by atoms with Gasteiger partial charge in [0.05, 0.1) is 0 Å². The summed E-state index contributed by atoms with van der Waals surface area (Å²) in [5.74, 6) is 1.91. The lowest BCUT2D eigenvalue weighted by Gasteiger charge is -2.13. The molecule has 0 heterocycles. The van der Waals surface area contributed by atoms with E-state index in [2.05, 4.69) is 19.0 Å². The van der Waals surface area contributed by atoms with E-state index < -0.39 is 0 Å². The lowest BCUT2D eigenvalue weighted by Crippen LogP contribution is -2.13. The summed E-state index contributed by atoms with van der Waals surface area (Å²) in [5.41, 5.74) is 1.04. The first-order valence-electron chi connectivity index (χ1n) is 6.84. The lowest BCUT2D eigenvalue weighted by atomic mass is 10.1. The Morgan fingerprint density at radius 2 is 1.80 bits per heavy atom. The van der Waals surface area contributed by atoms with E-state index in [4.69, 9.17) is 4.74 Å². The Kier molecular flexibility index (Phi) is 5.02. The van der Waals surface area contributed by atoms with Crippen LogP contribution in [0, 0.1) is 0 Å². The SMILES string of the molecule is CN(C)CCCc1cc(O)ccc1Oc1ccccc1. The maximum atomic E-state index is 9.65. The van der Waals surface area contributed by atoms with E-state index in [1.54, 1.807) is 12.1 Å². The average molecular weight is 271 g/mol. The Hall–Kier alpha value is -2.00. The molecule has 0 amide bonds. The number of aromatic hydroxyl groups is 1. The van der Waals surface area contributed by atoms with Crippen LogP contribution < -0.4 is 4.74 Å². The third-order valence-corrected chi connectivity index (χ3v) is 3.07. The highest BCUT2D eigenvalue weighted by Crippen LogP contribution is 2.29. The molecule has 2 rings (SSSR count). The van der Waals surface area contributed by atoms with Crippen molar-refractivity contribution in [3.63, 3.8) is 0 Å². The fraction of sp³-hybridized carbons (Fsp3) is 0.294. The summed E-state index contributed by atoms with van der Waals surface area (Å²) >= 11 is 0. The number of nitrogens with zero attached hydrogens (tertiary/aromatic N) is 1. The predicted octanol–water partition coefficient (Wildman–Crippen LogP) is 3.68. The maximum absolute atomic E-state index is 9.65. The number of phenolic OH excluding ortho intramolecular Hbond substituents is 1. The topological polar surface area (TPSA) is 32.7 Å². The van der Waals surface area contributed by atoms with Crippen molar-refractivity contribution in [3.05, 3.63) is 54.1 Å². The Morgan fingerprint density at radius 1 is 1.05 bits per heavy atom. The van der Waals surface area contributed by atoms with Crippen molar-refractivity contribution in [1.29, 1.82) is 0 Å². The highest BCUT2D eigenvalue weighted by atomic mass is 16.5. The first kappa shape index (κ1) is 14.4. The molecule has 2 aromatic carbocycles. The van der Waals surface area contributed by atoms with E-state index in [0.29, 0.717) is 0 Å². The second kappa shape index (κ2) is 6.96. The van der Waals surface area contributed by atoms with Crippen LogP contribution in [0.2, 0.25) is 0 Å². The summed E-state index contributed by atoms with van der Waals surface area (Å²) in [6.07, 6.45) is 1.91. The van der Waals surface area contributed by atoms with Crippen LogP contribution >= 0.6 is 0 Å². The molecule has 1 N–H and O–H groups in total. The maximum Gasteiger partial charge on any atom is 0.130 e. The van der Waals surface area contributed by atoms with Gasteiger partial charge in [0.2, 0.25) is 0 Å². The van der Waals surface area contributed by atoms with Crippen LogP contribution in [0.25, 0.3) is 0 Å². The van der Waals surface area contributed by atoms with Crippen molar-refractivity contribution in [3.8, 4) is 17.2 Å². The predicted molar refractivity (Wildman–Crippen MR) is 81.5 cm³/mol. The molecule has 0 saturated carbocycles. The molecule has 3 nitrogen and oxygen atoms in total. The van der Waals surface area contributed by atoms with E-state index in [9.17, 15) is 5.11 Å². The Morgan fingerprint density at radius 3 is 2.50 bits per heavy atom. The summed E-state index contributed by atoms with van der Waals surface area (Å²) in [6, 6.07) is 15.0. The number of hydrogen-bond acceptors (Lipinski definition) is 3. The molecule has 0 aliphatic carbocycles. The molecule has 0 fully saturated rings. The van der Waals surface area contributed by atoms with Gasteiger partial charge in [-0.25, -0.2) is 0 Å². The first-order chi connectivity index (χ1) is 9.65. The summed E-state index contributed by atoms with van der Waals surface area (Å²) in [4.78, 5) is 2.15. The zero-order valence-electron chi connectivity index (χ0n) is 12.0. The van der Waals surface area contributed by atoms with Crippen LogP contribution in [-0.2, 0) is 6.42 Å². The number of para-hydroxylation sites is 1. The molecular weight excluding hydrogens is 250 g/mol. The van der Waals surface area contributed by atoms with Crippen LogP contribution in [0.1, 0.15) is 12.0 Å². The van der Waals surface area contributed by atoms with E-state index >= 15 is 0 Å². The molecule has 20 heavy (non-hydrogen) atoms. The normalized spacial score (nSPS) is 10.8. The number of ether oxygens (including phenoxy) is 1. The van der Waals surface area contributed by atoms with Crippen molar-refractivity contribution in [2.45, 2.75) is 12.8 Å². The highest BCUT2D eigenvalue weighted by molar-refractivity contribution is 5.42. The van der Waals surface area contributed by atoms with Crippen molar-refractivity contribution in [1.82, 2.24) is 4.90 Å². The molecule has 0 radical (unpaired) electrons. The van der Waals surface area contributed by atoms with E-state index in [1.165, 1.54) is 0 Å². The molecule has 0 spiro atoms. The lowest BCUT2D eigenvalue weighted by molar-refractivity contribution is 0.397. The Balaban J connectivity index is 2.11. The summed E-state index contributed by atoms with van der Waals surface area (Å²) in [7, 11) is 4.12. The van der Waals surface area contributed by atoms with Crippen molar-refractivity contribution in [2.24, 2.45) is 0 Å². The largest absolute Gasteiger partial charge is 0.508 e. The second-order valence-electron chi connectivity index (χ2n) is 5.11. The molecule has 0 unspecified atom stereocenters. The van der Waals surface area contributed by atoms with Gasteiger partial charge in [0.25, 0.3) is 0 Å². The van der Waals surface area contributed by atoms with Crippen LogP contribution in [0.15, 0.2) is 48.5 Å². The number of benzene rings is 2. The minimum Gasteiger partial charge on any atom is -0.508 e. The van der Waals surface area contributed by atoms with Gasteiger partial charge in [-0.1, -0.05) is 18.2 Å². The molecule has 0 aliphatic heterocycles. The Bertz CT molecular complexity index is 538. The number of aryl methyl sites for hydroxylation is 1. The summed E-state index contributed by atoms with van der Waals surface area (Å²) < 4.78 is 5.90. The molecule has 2 aromatic rings. The molecule has 106 valence electrons. The standard InChI is InChI=1S/C17H21NO2/c1-18(2)12-6-7-14-13-15(19)10-11-17(14)20-16-8-4-3-5-9-16/h3-5,8-11,13,19H,6-7,12H2,1-2H3. The van der Waals surface area contributed by atoms with Crippen molar-refractivity contribution >= 4 is 0 Å². The van der Waals surface area contributed by atoms with E-state index in [0.717, 1.165) is 36.4 Å². The molecule has 0 saturated heterocycles. The van der Waals surface area contributed by atoms with Crippen LogP contribution in [-0.4, -0.2) is 30.6 Å². The zero-order chi connectivity index (χ0) is 14.4. The van der Waals surface area contributed by atoms with Crippen molar-refractivity contribution in [2.75, 3.05) is 20.6 Å². The summed E-state index contributed by atoms with van der Waals surface area (Å²) in [6.45, 7) is 1.01. The van der Waals surface area contributed by atoms with Gasteiger partial charge >= 0.3 is 0 Å². The first-order valence-corrected chi connectivity index (χ1v) is 6.84. The fourth-order valence-electron chi connectivity index (χ4n) is 2.06. The molecule has 0 aliphatic rings. The van der Waals surface area contributed by atoms with Crippen molar-refractivity contribution < 1.29 is 9.84 Å². The van der Waals surface area contributed by atoms with Gasteiger partial charge < -0.3 is 14.7 Å². The molecular formula is C17H21NO2. The van der Waals surface area contributed by atoms with Crippen LogP contribution in [0.3, 0.4) is 0 Å². The van der Waals surface area contributed by atoms with Gasteiger partial charge in [0, 0.05) is 0 Å². The minimum absolute atomic E-state index is 0.283. The van der Waals surface area contributed by atoms with E-state index in [1.807, 2.05) is 36.4 Å². The molecule has 0 bridgehead atoms. The number of phenols is 1. The minimum atomic E-state index is 0.283. The van der Waals surface area contributed by atoms with Gasteiger partial charge in [-0.05, 0) is 69.4 Å². The quantitative estimate of drug-likeness (QED) is 0.870. The molecule has 0 aromatic heterocycles. The zero-order valence-corrected chi connectivity index (χ0v) is 12.0. The van der Waals surface area contributed by atoms with Gasteiger partial charge in [-0.3, -0.25) is 0 Å². The number of rotatable bonds is 6. The highest BCUT2D eigenvalue weighted by Gasteiger charge is 2.06. The van der Waals surface area contributed by atoms with Gasteiger partial charge in [0.15, 0.2) is 0 Å². The monoisotopic (exact) mass is 271 g/mol. The smallest absolute Gasteiger partial charge is 0.130 e. The van der Waals surface area contributed by atoms with Crippen LogP contribution in [0.4, 0.5) is 0 Å². The van der Waals surface area contributed by atoms with Gasteiger partial charge in [-0.2, -0.15) is 0 Å². The fourth-order valence-corrected chi connectivity index (χ4v) is 2.06. The molecule has 0 atom stereocenters. The third-order valence-electron chi connectivity index (χ3n) is 3.07. The van der Waals surface area contributed by atoms with E-state index in [-0.39, 0.29) is 5.75 Å². The molecule has 3 heteroatoms. The van der Waals surface area contributed by atoms with Gasteiger partial charge in [-0.15, -0.1) is 0 Å².